The van der Waals surface area contributed by atoms with E-state index in [1.54, 1.807) is 0 Å². The van der Waals surface area contributed by atoms with Crippen LogP contribution in [0.3, 0.4) is 0 Å². The quantitative estimate of drug-likeness (QED) is 0.737. The lowest BCUT2D eigenvalue weighted by atomic mass is 9.97. The zero-order chi connectivity index (χ0) is 16.6. The first-order chi connectivity index (χ1) is 11.0. The Morgan fingerprint density at radius 1 is 1.04 bits per heavy atom. The highest BCUT2D eigenvalue weighted by Crippen LogP contribution is 2.32. The van der Waals surface area contributed by atoms with Gasteiger partial charge in [0, 0.05) is 16.2 Å². The van der Waals surface area contributed by atoms with Gasteiger partial charge in [0.05, 0.1) is 17.4 Å². The Hall–Kier alpha value is -1.81. The molecule has 5 heteroatoms. The standard InChI is InChI=1S/C18H17Cl2N3/c1-11-10-23(12(2)22-11)17-8-7-13(19)9-15(17)18(21)14-5-3-4-6-16(14)20/h3-10,18H,21H2,1-2H3. The third-order valence-corrected chi connectivity index (χ3v) is 4.41. The van der Waals surface area contributed by atoms with Crippen molar-refractivity contribution in [1.29, 1.82) is 0 Å². The molecule has 0 aliphatic rings. The van der Waals surface area contributed by atoms with Gasteiger partial charge in [-0.2, -0.15) is 0 Å². The largest absolute Gasteiger partial charge is 0.320 e. The van der Waals surface area contributed by atoms with Gasteiger partial charge in [0.2, 0.25) is 0 Å². The van der Waals surface area contributed by atoms with Crippen LogP contribution in [0.2, 0.25) is 10.0 Å². The topological polar surface area (TPSA) is 43.8 Å². The Kier molecular flexibility index (Phi) is 4.44. The molecule has 1 atom stereocenters. The first kappa shape index (κ1) is 16.1. The maximum Gasteiger partial charge on any atom is 0.110 e. The van der Waals surface area contributed by atoms with Gasteiger partial charge in [-0.15, -0.1) is 0 Å². The van der Waals surface area contributed by atoms with Gasteiger partial charge >= 0.3 is 0 Å². The molecular formula is C18H17Cl2N3. The second-order valence-corrected chi connectivity index (χ2v) is 6.35. The average Bonchev–Trinajstić information content (AvgIpc) is 2.85. The van der Waals surface area contributed by atoms with Gasteiger partial charge in [0.1, 0.15) is 5.82 Å². The molecule has 0 amide bonds. The van der Waals surface area contributed by atoms with Gasteiger partial charge in [-0.3, -0.25) is 0 Å². The summed E-state index contributed by atoms with van der Waals surface area (Å²) in [6.45, 7) is 3.93. The second kappa shape index (κ2) is 6.36. The molecule has 0 radical (unpaired) electrons. The lowest BCUT2D eigenvalue weighted by Crippen LogP contribution is -2.15. The second-order valence-electron chi connectivity index (χ2n) is 5.50. The molecule has 0 saturated heterocycles. The molecule has 1 aromatic heterocycles. The summed E-state index contributed by atoms with van der Waals surface area (Å²) in [4.78, 5) is 4.46. The number of aromatic nitrogens is 2. The van der Waals surface area contributed by atoms with E-state index in [1.165, 1.54) is 0 Å². The molecule has 3 nitrogen and oxygen atoms in total. The highest BCUT2D eigenvalue weighted by molar-refractivity contribution is 6.31. The van der Waals surface area contributed by atoms with Crippen LogP contribution in [0.4, 0.5) is 0 Å². The highest BCUT2D eigenvalue weighted by Gasteiger charge is 2.18. The van der Waals surface area contributed by atoms with Gasteiger partial charge in [0.15, 0.2) is 0 Å². The lowest BCUT2D eigenvalue weighted by Gasteiger charge is -2.19. The van der Waals surface area contributed by atoms with Crippen molar-refractivity contribution in [3.8, 4) is 5.69 Å². The number of aryl methyl sites for hydroxylation is 2. The number of benzene rings is 2. The number of imidazole rings is 1. The highest BCUT2D eigenvalue weighted by atomic mass is 35.5. The predicted molar refractivity (Wildman–Crippen MR) is 95.5 cm³/mol. The summed E-state index contributed by atoms with van der Waals surface area (Å²) in [5, 5.41) is 1.28. The number of nitrogens with two attached hydrogens (primary N) is 1. The van der Waals surface area contributed by atoms with Crippen molar-refractivity contribution in [2.75, 3.05) is 0 Å². The Bertz CT molecular complexity index is 855. The van der Waals surface area contributed by atoms with E-state index in [-0.39, 0.29) is 6.04 Å². The fourth-order valence-corrected chi connectivity index (χ4v) is 3.18. The van der Waals surface area contributed by atoms with E-state index < -0.39 is 0 Å². The van der Waals surface area contributed by atoms with E-state index in [1.807, 2.05) is 67.1 Å². The monoisotopic (exact) mass is 345 g/mol. The Balaban J connectivity index is 2.17. The van der Waals surface area contributed by atoms with Gasteiger partial charge in [-0.25, -0.2) is 4.98 Å². The third-order valence-electron chi connectivity index (χ3n) is 3.83. The van der Waals surface area contributed by atoms with Crippen molar-refractivity contribution in [2.45, 2.75) is 19.9 Å². The minimum atomic E-state index is -0.375. The molecule has 3 aromatic rings. The van der Waals surface area contributed by atoms with E-state index in [9.17, 15) is 0 Å². The van der Waals surface area contributed by atoms with Crippen LogP contribution in [0.5, 0.6) is 0 Å². The molecule has 2 N–H and O–H groups in total. The van der Waals surface area contributed by atoms with E-state index in [4.69, 9.17) is 28.9 Å². The molecule has 118 valence electrons. The third kappa shape index (κ3) is 3.13. The summed E-state index contributed by atoms with van der Waals surface area (Å²) in [5.41, 5.74) is 10.2. The van der Waals surface area contributed by atoms with Crippen molar-refractivity contribution in [2.24, 2.45) is 5.73 Å². The van der Waals surface area contributed by atoms with Crippen LogP contribution in [0.15, 0.2) is 48.7 Å². The predicted octanol–water partition coefficient (Wildman–Crippen LogP) is 4.84. The molecule has 0 aliphatic carbocycles. The van der Waals surface area contributed by atoms with Crippen molar-refractivity contribution in [3.05, 3.63) is 81.4 Å². The van der Waals surface area contributed by atoms with Crippen LogP contribution in [-0.2, 0) is 0 Å². The molecular weight excluding hydrogens is 329 g/mol. The summed E-state index contributed by atoms with van der Waals surface area (Å²) in [6, 6.07) is 12.9. The minimum Gasteiger partial charge on any atom is -0.320 e. The Morgan fingerprint density at radius 2 is 1.78 bits per heavy atom. The smallest absolute Gasteiger partial charge is 0.110 e. The molecule has 0 fully saturated rings. The molecule has 3 rings (SSSR count). The normalized spacial score (nSPS) is 12.4. The SMILES string of the molecule is Cc1cn(-c2ccc(Cl)cc2C(N)c2ccccc2Cl)c(C)n1. The number of nitrogens with zero attached hydrogens (tertiary/aromatic N) is 2. The molecule has 1 unspecified atom stereocenters. The number of rotatable bonds is 3. The minimum absolute atomic E-state index is 0.375. The lowest BCUT2D eigenvalue weighted by molar-refractivity contribution is 0.843. The first-order valence-electron chi connectivity index (χ1n) is 7.30. The van der Waals surface area contributed by atoms with Crippen molar-refractivity contribution >= 4 is 23.2 Å². The van der Waals surface area contributed by atoms with Crippen LogP contribution in [0.25, 0.3) is 5.69 Å². The fraction of sp³-hybridized carbons (Fsp3) is 0.167. The van der Waals surface area contributed by atoms with Crippen molar-refractivity contribution < 1.29 is 0 Å². The van der Waals surface area contributed by atoms with Crippen LogP contribution in [-0.4, -0.2) is 9.55 Å². The van der Waals surface area contributed by atoms with Gasteiger partial charge in [-0.1, -0.05) is 41.4 Å². The maximum atomic E-state index is 6.50. The molecule has 0 saturated carbocycles. The first-order valence-corrected chi connectivity index (χ1v) is 8.05. The van der Waals surface area contributed by atoms with E-state index in [2.05, 4.69) is 4.98 Å². The Labute approximate surface area is 145 Å². The number of hydrogen-bond acceptors (Lipinski definition) is 2. The Morgan fingerprint density at radius 3 is 2.43 bits per heavy atom. The zero-order valence-corrected chi connectivity index (χ0v) is 14.4. The maximum absolute atomic E-state index is 6.50. The van der Waals surface area contributed by atoms with E-state index >= 15 is 0 Å². The summed E-state index contributed by atoms with van der Waals surface area (Å²) in [6.07, 6.45) is 1.99. The number of halogens is 2. The van der Waals surface area contributed by atoms with Crippen LogP contribution >= 0.6 is 23.2 Å². The van der Waals surface area contributed by atoms with Crippen LogP contribution in [0, 0.1) is 13.8 Å². The van der Waals surface area contributed by atoms with Gasteiger partial charge in [0.25, 0.3) is 0 Å². The fourth-order valence-electron chi connectivity index (χ4n) is 2.75. The molecule has 0 bridgehead atoms. The van der Waals surface area contributed by atoms with Crippen LogP contribution < -0.4 is 5.73 Å². The summed E-state index contributed by atoms with van der Waals surface area (Å²) >= 11 is 12.5. The van der Waals surface area contributed by atoms with Crippen LogP contribution in [0.1, 0.15) is 28.7 Å². The molecule has 0 aliphatic heterocycles. The molecule has 23 heavy (non-hydrogen) atoms. The molecule has 2 aromatic carbocycles. The summed E-state index contributed by atoms with van der Waals surface area (Å²) in [7, 11) is 0. The zero-order valence-electron chi connectivity index (χ0n) is 12.9. The van der Waals surface area contributed by atoms with Crippen molar-refractivity contribution in [1.82, 2.24) is 9.55 Å². The average molecular weight is 346 g/mol. The van der Waals surface area contributed by atoms with Gasteiger partial charge in [-0.05, 0) is 49.2 Å². The van der Waals surface area contributed by atoms with Gasteiger partial charge < -0.3 is 10.3 Å². The molecule has 0 spiro atoms. The van der Waals surface area contributed by atoms with Crippen molar-refractivity contribution in [3.63, 3.8) is 0 Å². The van der Waals surface area contributed by atoms with E-state index in [0.29, 0.717) is 10.0 Å². The summed E-state index contributed by atoms with van der Waals surface area (Å²) < 4.78 is 2.03. The number of hydrogen-bond donors (Lipinski definition) is 1. The van der Waals surface area contributed by atoms with E-state index in [0.717, 1.165) is 28.3 Å². The molecule has 1 heterocycles. The summed E-state index contributed by atoms with van der Waals surface area (Å²) in [5.74, 6) is 0.900.